The number of phenolic OH excluding ortho intramolecular Hbond substituents is 2. The van der Waals surface area contributed by atoms with Gasteiger partial charge in [-0.25, -0.2) is 0 Å². The van der Waals surface area contributed by atoms with Gasteiger partial charge in [-0.15, -0.1) is 0 Å². The summed E-state index contributed by atoms with van der Waals surface area (Å²) >= 11 is 0. The molecule has 1 aromatic rings. The average Bonchev–Trinajstić information content (AvgIpc) is 2.11. The normalized spacial score (nSPS) is 10.9. The Morgan fingerprint density at radius 1 is 1.38 bits per heavy atom. The number of nitrogens with zero attached hydrogens (tertiary/aromatic N) is 1. The molecule has 1 aromatic carbocycles. The molecule has 0 fully saturated rings. The van der Waals surface area contributed by atoms with E-state index < -0.39 is 0 Å². The summed E-state index contributed by atoms with van der Waals surface area (Å²) in [5, 5.41) is 26.6. The summed E-state index contributed by atoms with van der Waals surface area (Å²) in [5.74, 6) is -0.341. The number of nitriles is 1. The number of benzene rings is 1. The summed E-state index contributed by atoms with van der Waals surface area (Å²) in [4.78, 5) is 0. The maximum atomic E-state index is 9.12. The fourth-order valence-electron chi connectivity index (χ4n) is 0.913. The molecule has 3 heteroatoms. The van der Waals surface area contributed by atoms with Crippen molar-refractivity contribution in [3.63, 3.8) is 0 Å². The predicted octanol–water partition coefficient (Wildman–Crippen LogP) is 2.02. The third-order valence-electron chi connectivity index (χ3n) is 1.56. The lowest BCUT2D eigenvalue weighted by atomic mass is 10.1. The quantitative estimate of drug-likeness (QED) is 0.507. The molecule has 0 saturated carbocycles. The first-order valence-corrected chi connectivity index (χ1v) is 3.74. The minimum absolute atomic E-state index is 0.160. The maximum absolute atomic E-state index is 9.12. The summed E-state index contributed by atoms with van der Waals surface area (Å²) in [6.45, 7) is 1.67. The maximum Gasteiger partial charge on any atom is 0.157 e. The van der Waals surface area contributed by atoms with E-state index in [4.69, 9.17) is 15.5 Å². The van der Waals surface area contributed by atoms with E-state index >= 15 is 0 Å². The van der Waals surface area contributed by atoms with Gasteiger partial charge in [0.15, 0.2) is 11.5 Å². The molecular weight excluding hydrogens is 166 g/mol. The summed E-state index contributed by atoms with van der Waals surface area (Å²) < 4.78 is 0. The molecule has 2 N–H and O–H groups in total. The molecular formula is C10H9NO2. The minimum Gasteiger partial charge on any atom is -0.504 e. The van der Waals surface area contributed by atoms with E-state index in [2.05, 4.69) is 0 Å². The Morgan fingerprint density at radius 2 is 2.08 bits per heavy atom. The third kappa shape index (κ3) is 2.24. The zero-order valence-electron chi connectivity index (χ0n) is 7.15. The smallest absolute Gasteiger partial charge is 0.157 e. The van der Waals surface area contributed by atoms with Crippen molar-refractivity contribution < 1.29 is 10.2 Å². The van der Waals surface area contributed by atoms with Crippen LogP contribution in [0.2, 0.25) is 0 Å². The largest absolute Gasteiger partial charge is 0.504 e. The van der Waals surface area contributed by atoms with Gasteiger partial charge in [-0.1, -0.05) is 6.07 Å². The molecule has 0 radical (unpaired) electrons. The van der Waals surface area contributed by atoms with Gasteiger partial charge in [0, 0.05) is 5.57 Å². The summed E-state index contributed by atoms with van der Waals surface area (Å²) in [5.41, 5.74) is 1.24. The van der Waals surface area contributed by atoms with E-state index in [9.17, 15) is 0 Å². The highest BCUT2D eigenvalue weighted by Gasteiger charge is 1.98. The number of hydrogen-bond donors (Lipinski definition) is 2. The van der Waals surface area contributed by atoms with Crippen molar-refractivity contribution in [2.24, 2.45) is 0 Å². The molecule has 13 heavy (non-hydrogen) atoms. The van der Waals surface area contributed by atoms with Crippen molar-refractivity contribution in [1.82, 2.24) is 0 Å². The second-order valence-corrected chi connectivity index (χ2v) is 2.69. The van der Waals surface area contributed by atoms with Gasteiger partial charge in [0.2, 0.25) is 0 Å². The molecule has 0 aliphatic carbocycles. The first-order chi connectivity index (χ1) is 6.13. The van der Waals surface area contributed by atoms with E-state index in [1.807, 2.05) is 6.07 Å². The molecule has 0 unspecified atom stereocenters. The van der Waals surface area contributed by atoms with E-state index in [0.29, 0.717) is 11.1 Å². The number of hydrogen-bond acceptors (Lipinski definition) is 3. The van der Waals surface area contributed by atoms with Gasteiger partial charge in [0.25, 0.3) is 0 Å². The van der Waals surface area contributed by atoms with Crippen molar-refractivity contribution in [2.75, 3.05) is 0 Å². The Kier molecular flexibility index (Phi) is 2.56. The van der Waals surface area contributed by atoms with Gasteiger partial charge < -0.3 is 10.2 Å². The number of aromatic hydroxyl groups is 2. The van der Waals surface area contributed by atoms with E-state index in [-0.39, 0.29) is 11.5 Å². The molecule has 0 aliphatic heterocycles. The van der Waals surface area contributed by atoms with E-state index in [1.165, 1.54) is 12.1 Å². The molecule has 0 heterocycles. The number of phenols is 2. The van der Waals surface area contributed by atoms with Crippen LogP contribution in [-0.2, 0) is 0 Å². The van der Waals surface area contributed by atoms with Crippen molar-refractivity contribution in [3.8, 4) is 17.6 Å². The number of rotatable bonds is 1. The van der Waals surface area contributed by atoms with Crippen LogP contribution in [0.15, 0.2) is 23.8 Å². The highest BCUT2D eigenvalue weighted by molar-refractivity contribution is 5.59. The van der Waals surface area contributed by atoms with Crippen LogP contribution in [0.4, 0.5) is 0 Å². The average molecular weight is 175 g/mol. The predicted molar refractivity (Wildman–Crippen MR) is 49.0 cm³/mol. The van der Waals surface area contributed by atoms with Crippen LogP contribution in [0.3, 0.4) is 0 Å². The van der Waals surface area contributed by atoms with Crippen LogP contribution in [0.5, 0.6) is 11.5 Å². The van der Waals surface area contributed by atoms with Crippen LogP contribution >= 0.6 is 0 Å². The van der Waals surface area contributed by atoms with Crippen LogP contribution < -0.4 is 0 Å². The van der Waals surface area contributed by atoms with Crippen LogP contribution in [-0.4, -0.2) is 10.2 Å². The van der Waals surface area contributed by atoms with Gasteiger partial charge in [0.1, 0.15) is 0 Å². The summed E-state index contributed by atoms with van der Waals surface area (Å²) in [6.07, 6.45) is 1.62. The highest BCUT2D eigenvalue weighted by Crippen LogP contribution is 2.25. The molecule has 66 valence electrons. The first kappa shape index (κ1) is 9.14. The van der Waals surface area contributed by atoms with Crippen LogP contribution in [0.1, 0.15) is 12.5 Å². The Balaban J connectivity index is 3.07. The Morgan fingerprint density at radius 3 is 2.62 bits per heavy atom. The SMILES string of the molecule is C/C(C#N)=C\c1ccc(O)c(O)c1. The molecule has 0 amide bonds. The van der Waals surface area contributed by atoms with Gasteiger partial charge in [-0.2, -0.15) is 5.26 Å². The zero-order chi connectivity index (χ0) is 9.84. The molecule has 0 atom stereocenters. The second-order valence-electron chi connectivity index (χ2n) is 2.69. The van der Waals surface area contributed by atoms with Crippen LogP contribution in [0, 0.1) is 11.3 Å². The fraction of sp³-hybridized carbons (Fsp3) is 0.100. The lowest BCUT2D eigenvalue weighted by Crippen LogP contribution is -1.75. The zero-order valence-corrected chi connectivity index (χ0v) is 7.15. The van der Waals surface area contributed by atoms with Gasteiger partial charge in [0.05, 0.1) is 6.07 Å². The van der Waals surface area contributed by atoms with Gasteiger partial charge in [-0.3, -0.25) is 0 Å². The van der Waals surface area contributed by atoms with E-state index in [1.54, 1.807) is 19.1 Å². The molecule has 0 aromatic heterocycles. The third-order valence-corrected chi connectivity index (χ3v) is 1.56. The minimum atomic E-state index is -0.181. The second kappa shape index (κ2) is 3.63. The van der Waals surface area contributed by atoms with Crippen molar-refractivity contribution in [3.05, 3.63) is 29.3 Å². The van der Waals surface area contributed by atoms with Crippen molar-refractivity contribution in [2.45, 2.75) is 6.92 Å². The Hall–Kier alpha value is -1.95. The molecule has 0 saturated heterocycles. The van der Waals surface area contributed by atoms with Gasteiger partial charge >= 0.3 is 0 Å². The monoisotopic (exact) mass is 175 g/mol. The summed E-state index contributed by atoms with van der Waals surface area (Å²) in [7, 11) is 0. The van der Waals surface area contributed by atoms with Gasteiger partial charge in [-0.05, 0) is 30.7 Å². The van der Waals surface area contributed by atoms with Crippen molar-refractivity contribution >= 4 is 6.08 Å². The lowest BCUT2D eigenvalue weighted by molar-refractivity contribution is 0.403. The molecule has 1 rings (SSSR count). The molecule has 0 spiro atoms. The standard InChI is InChI=1S/C10H9NO2/c1-7(6-11)4-8-2-3-9(12)10(13)5-8/h2-5,12-13H,1H3/b7-4+. The first-order valence-electron chi connectivity index (χ1n) is 3.74. The van der Waals surface area contributed by atoms with E-state index in [0.717, 1.165) is 0 Å². The topological polar surface area (TPSA) is 64.2 Å². The summed E-state index contributed by atoms with van der Waals surface area (Å²) in [6, 6.07) is 6.37. The highest BCUT2D eigenvalue weighted by atomic mass is 16.3. The molecule has 3 nitrogen and oxygen atoms in total. The molecule has 0 aliphatic rings. The Bertz CT molecular complexity index is 388. The van der Waals surface area contributed by atoms with Crippen LogP contribution in [0.25, 0.3) is 6.08 Å². The molecule has 0 bridgehead atoms. The fourth-order valence-corrected chi connectivity index (χ4v) is 0.913. The lowest BCUT2D eigenvalue weighted by Gasteiger charge is -1.98. The Labute approximate surface area is 76.2 Å². The van der Waals surface area contributed by atoms with Crippen molar-refractivity contribution in [1.29, 1.82) is 5.26 Å². The number of allylic oxidation sites excluding steroid dienone is 1.